The molecular weight excluding hydrogens is 442 g/mol. The lowest BCUT2D eigenvalue weighted by Crippen LogP contribution is -2.30. The number of fused-ring (bicyclic) bond motifs is 1. The molecule has 1 aromatic heterocycles. The first-order chi connectivity index (χ1) is 15.3. The van der Waals surface area contributed by atoms with Crippen molar-refractivity contribution in [1.29, 1.82) is 0 Å². The van der Waals surface area contributed by atoms with E-state index in [0.717, 1.165) is 15.8 Å². The van der Waals surface area contributed by atoms with Crippen molar-refractivity contribution in [2.75, 3.05) is 22.8 Å². The van der Waals surface area contributed by atoms with Gasteiger partial charge in [0.2, 0.25) is 0 Å². The van der Waals surface area contributed by atoms with Gasteiger partial charge in [-0.3, -0.25) is 14.0 Å². The highest BCUT2D eigenvalue weighted by Crippen LogP contribution is 2.30. The van der Waals surface area contributed by atoms with Gasteiger partial charge in [-0.2, -0.15) is 0 Å². The van der Waals surface area contributed by atoms with Crippen LogP contribution in [0.15, 0.2) is 77.7 Å². The first kappa shape index (κ1) is 22.0. The zero-order valence-electron chi connectivity index (χ0n) is 18.0. The number of para-hydroxylation sites is 1. The average Bonchev–Trinajstić information content (AvgIpc) is 3.23. The van der Waals surface area contributed by atoms with Crippen molar-refractivity contribution >= 4 is 48.3 Å². The summed E-state index contributed by atoms with van der Waals surface area (Å²) in [6.07, 6.45) is 0. The second-order valence-electron chi connectivity index (χ2n) is 7.35. The van der Waals surface area contributed by atoms with E-state index in [9.17, 15) is 13.2 Å². The molecule has 0 aliphatic heterocycles. The molecule has 0 N–H and O–H groups in total. The largest absolute Gasteiger partial charge is 0.284 e. The highest BCUT2D eigenvalue weighted by Gasteiger charge is 2.23. The Balaban J connectivity index is 1.58. The Bertz CT molecular complexity index is 1330. The van der Waals surface area contributed by atoms with Crippen molar-refractivity contribution in [1.82, 2.24) is 4.98 Å². The highest BCUT2D eigenvalue weighted by atomic mass is 32.2. The zero-order valence-corrected chi connectivity index (χ0v) is 19.7. The Kier molecular flexibility index (Phi) is 5.99. The smallest absolute Gasteiger partial charge is 0.264 e. The number of benzene rings is 3. The third-order valence-electron chi connectivity index (χ3n) is 5.23. The van der Waals surface area contributed by atoms with Crippen LogP contribution in [0.1, 0.15) is 22.8 Å². The summed E-state index contributed by atoms with van der Waals surface area (Å²) in [6, 6.07) is 21.1. The lowest BCUT2D eigenvalue weighted by Gasteiger charge is -2.21. The molecule has 4 aromatic rings. The number of amides is 1. The molecular formula is C24H23N3O3S2. The summed E-state index contributed by atoms with van der Waals surface area (Å²) in [6.45, 7) is 4.28. The van der Waals surface area contributed by atoms with Crippen molar-refractivity contribution in [3.63, 3.8) is 0 Å². The number of carbonyl (C=O) groups excluding carboxylic acids is 1. The van der Waals surface area contributed by atoms with Crippen LogP contribution in [0.5, 0.6) is 0 Å². The summed E-state index contributed by atoms with van der Waals surface area (Å²) in [7, 11) is -2.19. The maximum absolute atomic E-state index is 13.1. The quantitative estimate of drug-likeness (QED) is 0.397. The van der Waals surface area contributed by atoms with Crippen molar-refractivity contribution in [2.45, 2.75) is 18.7 Å². The second kappa shape index (κ2) is 8.72. The lowest BCUT2D eigenvalue weighted by molar-refractivity contribution is 0.0988. The van der Waals surface area contributed by atoms with E-state index in [1.165, 1.54) is 22.7 Å². The molecule has 0 fully saturated rings. The van der Waals surface area contributed by atoms with E-state index in [4.69, 9.17) is 0 Å². The molecule has 0 saturated carbocycles. The number of thiazole rings is 1. The maximum Gasteiger partial charge on any atom is 0.264 e. The van der Waals surface area contributed by atoms with E-state index in [1.807, 2.05) is 38.1 Å². The van der Waals surface area contributed by atoms with E-state index < -0.39 is 10.0 Å². The summed E-state index contributed by atoms with van der Waals surface area (Å²) in [5.41, 5.74) is 2.79. The van der Waals surface area contributed by atoms with Crippen LogP contribution >= 0.6 is 11.3 Å². The molecule has 0 radical (unpaired) electrons. The molecule has 164 valence electrons. The van der Waals surface area contributed by atoms with E-state index >= 15 is 0 Å². The summed E-state index contributed by atoms with van der Waals surface area (Å²) < 4.78 is 28.1. The maximum atomic E-state index is 13.1. The van der Waals surface area contributed by atoms with Gasteiger partial charge in [-0.1, -0.05) is 41.2 Å². The normalized spacial score (nSPS) is 11.5. The SMILES string of the molecule is CCN(C(=O)c1ccc(N(C)S(=O)(=O)c2ccc(C)cc2)cc1)c1nc2ccccc2s1. The van der Waals surface area contributed by atoms with Crippen LogP contribution in [-0.4, -0.2) is 32.9 Å². The molecule has 0 spiro atoms. The Labute approximate surface area is 191 Å². The molecule has 32 heavy (non-hydrogen) atoms. The number of carbonyl (C=O) groups is 1. The van der Waals surface area contributed by atoms with E-state index in [1.54, 1.807) is 53.4 Å². The summed E-state index contributed by atoms with van der Waals surface area (Å²) in [5, 5.41) is 0.641. The van der Waals surface area contributed by atoms with Gasteiger partial charge < -0.3 is 0 Å². The minimum Gasteiger partial charge on any atom is -0.284 e. The Hall–Kier alpha value is -3.23. The van der Waals surface area contributed by atoms with Gasteiger partial charge in [0.05, 0.1) is 20.8 Å². The van der Waals surface area contributed by atoms with E-state index in [0.29, 0.717) is 22.9 Å². The zero-order chi connectivity index (χ0) is 22.9. The van der Waals surface area contributed by atoms with Gasteiger partial charge in [0.25, 0.3) is 15.9 Å². The van der Waals surface area contributed by atoms with Crippen molar-refractivity contribution < 1.29 is 13.2 Å². The minimum atomic E-state index is -3.69. The summed E-state index contributed by atoms with van der Waals surface area (Å²) >= 11 is 1.47. The van der Waals surface area contributed by atoms with Crippen molar-refractivity contribution in [2.24, 2.45) is 0 Å². The van der Waals surface area contributed by atoms with Crippen LogP contribution < -0.4 is 9.21 Å². The molecule has 0 unspecified atom stereocenters. The fourth-order valence-electron chi connectivity index (χ4n) is 3.32. The molecule has 0 bridgehead atoms. The first-order valence-electron chi connectivity index (χ1n) is 10.1. The molecule has 0 aliphatic rings. The Morgan fingerprint density at radius 1 is 0.969 bits per heavy atom. The van der Waals surface area contributed by atoms with Crippen LogP contribution in [0.2, 0.25) is 0 Å². The van der Waals surface area contributed by atoms with Crippen LogP contribution in [0, 0.1) is 6.92 Å². The van der Waals surface area contributed by atoms with Gasteiger partial charge in [-0.25, -0.2) is 13.4 Å². The number of aryl methyl sites for hydroxylation is 1. The molecule has 0 aliphatic carbocycles. The molecule has 6 nitrogen and oxygen atoms in total. The molecule has 0 atom stereocenters. The fourth-order valence-corrected chi connectivity index (χ4v) is 5.54. The Morgan fingerprint density at radius 3 is 2.25 bits per heavy atom. The summed E-state index contributed by atoms with van der Waals surface area (Å²) in [4.78, 5) is 19.6. The van der Waals surface area contributed by atoms with Gasteiger partial charge in [-0.15, -0.1) is 0 Å². The number of hydrogen-bond acceptors (Lipinski definition) is 5. The molecule has 8 heteroatoms. The molecule has 0 saturated heterocycles. The molecule has 1 amide bonds. The standard InChI is InChI=1S/C24H23N3O3S2/c1-4-27(24-25-21-7-5-6-8-22(21)31-24)23(28)18-11-13-19(14-12-18)26(3)32(29,30)20-15-9-17(2)10-16-20/h5-16H,4H2,1-3H3. The summed E-state index contributed by atoms with van der Waals surface area (Å²) in [5.74, 6) is -0.179. The van der Waals surface area contributed by atoms with Crippen LogP contribution in [0.25, 0.3) is 10.2 Å². The second-order valence-corrected chi connectivity index (χ2v) is 10.3. The predicted octanol–water partition coefficient (Wildman–Crippen LogP) is 5.10. The monoisotopic (exact) mass is 465 g/mol. The molecule has 4 rings (SSSR count). The van der Waals surface area contributed by atoms with E-state index in [2.05, 4.69) is 4.98 Å². The van der Waals surface area contributed by atoms with E-state index in [-0.39, 0.29) is 10.8 Å². The minimum absolute atomic E-state index is 0.179. The highest BCUT2D eigenvalue weighted by molar-refractivity contribution is 7.92. The van der Waals surface area contributed by atoms with Crippen LogP contribution in [-0.2, 0) is 10.0 Å². The van der Waals surface area contributed by atoms with Gasteiger partial charge in [-0.05, 0) is 62.4 Å². The third kappa shape index (κ3) is 4.11. The number of rotatable bonds is 6. The number of aromatic nitrogens is 1. The van der Waals surface area contributed by atoms with Crippen LogP contribution in [0.3, 0.4) is 0 Å². The number of nitrogens with zero attached hydrogens (tertiary/aromatic N) is 3. The number of anilines is 2. The third-order valence-corrected chi connectivity index (χ3v) is 8.09. The van der Waals surface area contributed by atoms with Crippen LogP contribution in [0.4, 0.5) is 10.8 Å². The number of sulfonamides is 1. The van der Waals surface area contributed by atoms with Gasteiger partial charge in [0.1, 0.15) is 0 Å². The predicted molar refractivity (Wildman–Crippen MR) is 130 cm³/mol. The van der Waals surface area contributed by atoms with Crippen molar-refractivity contribution in [3.8, 4) is 0 Å². The lowest BCUT2D eigenvalue weighted by atomic mass is 10.2. The van der Waals surface area contributed by atoms with Gasteiger partial charge >= 0.3 is 0 Å². The fraction of sp³-hybridized carbons (Fsp3) is 0.167. The molecule has 3 aromatic carbocycles. The topological polar surface area (TPSA) is 70.6 Å². The molecule has 1 heterocycles. The van der Waals surface area contributed by atoms with Gasteiger partial charge in [0.15, 0.2) is 5.13 Å². The van der Waals surface area contributed by atoms with Gasteiger partial charge in [0, 0.05) is 19.2 Å². The average molecular weight is 466 g/mol. The Morgan fingerprint density at radius 2 is 1.62 bits per heavy atom. The first-order valence-corrected chi connectivity index (χ1v) is 12.4. The number of hydrogen-bond donors (Lipinski definition) is 0. The van der Waals surface area contributed by atoms with Crippen molar-refractivity contribution in [3.05, 3.63) is 83.9 Å².